The fourth-order valence-electron chi connectivity index (χ4n) is 2.29. The van der Waals surface area contributed by atoms with Crippen molar-refractivity contribution in [2.75, 3.05) is 16.0 Å². The van der Waals surface area contributed by atoms with Crippen LogP contribution in [0, 0.1) is 0 Å². The highest BCUT2D eigenvalue weighted by Crippen LogP contribution is 2.16. The highest BCUT2D eigenvalue weighted by atomic mass is 16.2. The molecule has 8 nitrogen and oxygen atoms in total. The van der Waals surface area contributed by atoms with Crippen molar-refractivity contribution in [1.29, 1.82) is 0 Å². The van der Waals surface area contributed by atoms with Gasteiger partial charge in [-0.3, -0.25) is 14.6 Å². The summed E-state index contributed by atoms with van der Waals surface area (Å²) in [5, 5.41) is 8.48. The largest absolute Gasteiger partial charge is 0.363 e. The fraction of sp³-hybridized carbons (Fsp3) is 0.105. The van der Waals surface area contributed by atoms with E-state index >= 15 is 0 Å². The summed E-state index contributed by atoms with van der Waals surface area (Å²) in [4.78, 5) is 36.0. The van der Waals surface area contributed by atoms with Crippen LogP contribution in [0.15, 0.2) is 61.1 Å². The van der Waals surface area contributed by atoms with E-state index in [0.717, 1.165) is 5.69 Å². The van der Waals surface area contributed by atoms with Gasteiger partial charge in [0.25, 0.3) is 5.91 Å². The molecule has 8 heteroatoms. The van der Waals surface area contributed by atoms with Gasteiger partial charge >= 0.3 is 0 Å². The zero-order valence-electron chi connectivity index (χ0n) is 14.6. The van der Waals surface area contributed by atoms with Crippen molar-refractivity contribution in [1.82, 2.24) is 15.0 Å². The minimum atomic E-state index is -0.390. The molecule has 0 aliphatic heterocycles. The van der Waals surface area contributed by atoms with E-state index in [1.165, 1.54) is 19.3 Å². The number of hydrogen-bond acceptors (Lipinski definition) is 6. The van der Waals surface area contributed by atoms with Gasteiger partial charge < -0.3 is 16.0 Å². The molecule has 0 aliphatic rings. The number of benzene rings is 1. The van der Waals surface area contributed by atoms with E-state index in [2.05, 4.69) is 30.9 Å². The molecule has 3 rings (SSSR count). The summed E-state index contributed by atoms with van der Waals surface area (Å²) in [6.45, 7) is 1.93. The second-order valence-corrected chi connectivity index (χ2v) is 5.68. The van der Waals surface area contributed by atoms with Crippen LogP contribution in [0.4, 0.5) is 17.2 Å². The van der Waals surface area contributed by atoms with E-state index < -0.39 is 5.91 Å². The quantitative estimate of drug-likeness (QED) is 0.622. The average Bonchev–Trinajstić information content (AvgIpc) is 2.67. The summed E-state index contributed by atoms with van der Waals surface area (Å²) in [6.07, 6.45) is 4.61. The van der Waals surface area contributed by atoms with Gasteiger partial charge in [0.05, 0.1) is 24.6 Å². The first-order valence-corrected chi connectivity index (χ1v) is 8.25. The van der Waals surface area contributed by atoms with E-state index in [-0.39, 0.29) is 11.6 Å². The number of anilines is 3. The number of hydrogen-bond donors (Lipinski definition) is 3. The molecule has 3 N–H and O–H groups in total. The number of carbonyl (C=O) groups excluding carboxylic acids is 2. The Hall–Kier alpha value is -3.81. The number of pyridine rings is 1. The lowest BCUT2D eigenvalue weighted by Gasteiger charge is -2.08. The third kappa shape index (κ3) is 5.33. The summed E-state index contributed by atoms with van der Waals surface area (Å²) < 4.78 is 0. The molecule has 0 radical (unpaired) electrons. The summed E-state index contributed by atoms with van der Waals surface area (Å²) in [7, 11) is 0. The van der Waals surface area contributed by atoms with Crippen molar-refractivity contribution in [2.24, 2.45) is 0 Å². The van der Waals surface area contributed by atoms with Crippen LogP contribution in [0.25, 0.3) is 0 Å². The molecule has 0 unspecified atom stereocenters. The second-order valence-electron chi connectivity index (χ2n) is 5.68. The SMILES string of the molecule is CC(=O)Nc1cccc(NC(=O)c2cnc(NCc3ccccn3)cn2)c1. The van der Waals surface area contributed by atoms with E-state index in [1.807, 2.05) is 18.2 Å². The van der Waals surface area contributed by atoms with Gasteiger partial charge in [-0.2, -0.15) is 0 Å². The number of amides is 2. The Labute approximate surface area is 156 Å². The van der Waals surface area contributed by atoms with Gasteiger partial charge in [0.15, 0.2) is 0 Å². The highest BCUT2D eigenvalue weighted by molar-refractivity contribution is 6.03. The molecular formula is C19H18N6O2. The summed E-state index contributed by atoms with van der Waals surface area (Å²) in [5.41, 5.74) is 2.20. The third-order valence-corrected chi connectivity index (χ3v) is 3.50. The third-order valence-electron chi connectivity index (χ3n) is 3.50. The molecule has 136 valence electrons. The molecule has 2 heterocycles. The first-order chi connectivity index (χ1) is 13.1. The summed E-state index contributed by atoms with van der Waals surface area (Å²) in [5.74, 6) is -0.0262. The van der Waals surface area contributed by atoms with Crippen LogP contribution in [0.5, 0.6) is 0 Å². The Balaban J connectivity index is 1.59. The smallest absolute Gasteiger partial charge is 0.275 e. The number of aromatic nitrogens is 3. The van der Waals surface area contributed by atoms with Gasteiger partial charge in [-0.1, -0.05) is 12.1 Å². The Kier molecular flexibility index (Phi) is 5.68. The van der Waals surface area contributed by atoms with Gasteiger partial charge in [-0.15, -0.1) is 0 Å². The predicted octanol–water partition coefficient (Wildman–Crippen LogP) is 2.69. The van der Waals surface area contributed by atoms with E-state index in [0.29, 0.717) is 23.7 Å². The topological polar surface area (TPSA) is 109 Å². The highest BCUT2D eigenvalue weighted by Gasteiger charge is 2.09. The van der Waals surface area contributed by atoms with Gasteiger partial charge in [0, 0.05) is 24.5 Å². The predicted molar refractivity (Wildman–Crippen MR) is 102 cm³/mol. The maximum atomic E-state index is 12.3. The van der Waals surface area contributed by atoms with Crippen molar-refractivity contribution in [3.05, 3.63) is 72.4 Å². The van der Waals surface area contributed by atoms with Crippen molar-refractivity contribution in [2.45, 2.75) is 13.5 Å². The molecule has 27 heavy (non-hydrogen) atoms. The fourth-order valence-corrected chi connectivity index (χ4v) is 2.29. The molecule has 0 saturated heterocycles. The monoisotopic (exact) mass is 362 g/mol. The number of nitrogens with one attached hydrogen (secondary N) is 3. The molecule has 2 amide bonds. The molecule has 0 atom stereocenters. The first kappa shape index (κ1) is 18.0. The van der Waals surface area contributed by atoms with Crippen molar-refractivity contribution in [3.63, 3.8) is 0 Å². The van der Waals surface area contributed by atoms with Crippen LogP contribution in [0.2, 0.25) is 0 Å². The zero-order chi connectivity index (χ0) is 19.1. The van der Waals surface area contributed by atoms with Crippen LogP contribution in [-0.4, -0.2) is 26.8 Å². The Bertz CT molecular complexity index is 928. The van der Waals surface area contributed by atoms with Crippen molar-refractivity contribution >= 4 is 29.0 Å². The van der Waals surface area contributed by atoms with Gasteiger partial charge in [-0.25, -0.2) is 9.97 Å². The van der Waals surface area contributed by atoms with Gasteiger partial charge in [0.2, 0.25) is 5.91 Å². The molecule has 0 aliphatic carbocycles. The molecule has 0 saturated carbocycles. The van der Waals surface area contributed by atoms with Crippen LogP contribution in [-0.2, 0) is 11.3 Å². The van der Waals surface area contributed by atoms with Crippen LogP contribution in [0.1, 0.15) is 23.1 Å². The normalized spacial score (nSPS) is 10.1. The molecule has 0 spiro atoms. The second kappa shape index (κ2) is 8.52. The van der Waals surface area contributed by atoms with Gasteiger partial charge in [0.1, 0.15) is 11.5 Å². The number of rotatable bonds is 6. The minimum absolute atomic E-state index is 0.182. The van der Waals surface area contributed by atoms with Crippen LogP contribution in [0.3, 0.4) is 0 Å². The maximum Gasteiger partial charge on any atom is 0.275 e. The number of carbonyl (C=O) groups is 2. The van der Waals surface area contributed by atoms with E-state index in [1.54, 1.807) is 30.5 Å². The summed E-state index contributed by atoms with van der Waals surface area (Å²) in [6, 6.07) is 12.5. The lowest BCUT2D eigenvalue weighted by atomic mass is 10.2. The Morgan fingerprint density at radius 2 is 1.74 bits per heavy atom. The minimum Gasteiger partial charge on any atom is -0.363 e. The van der Waals surface area contributed by atoms with E-state index in [4.69, 9.17) is 0 Å². The molecule has 0 fully saturated rings. The number of nitrogens with zero attached hydrogens (tertiary/aromatic N) is 3. The lowest BCUT2D eigenvalue weighted by Crippen LogP contribution is -2.15. The van der Waals surface area contributed by atoms with Crippen LogP contribution >= 0.6 is 0 Å². The Morgan fingerprint density at radius 3 is 2.41 bits per heavy atom. The molecule has 2 aromatic heterocycles. The molecule has 1 aromatic carbocycles. The maximum absolute atomic E-state index is 12.3. The zero-order valence-corrected chi connectivity index (χ0v) is 14.6. The standard InChI is InChI=1S/C19H18N6O2/c1-13(26)24-14-6-4-7-15(9-14)25-19(27)17-11-23-18(12-21-17)22-10-16-5-2-3-8-20-16/h2-9,11-12H,10H2,1H3,(H,22,23)(H,24,26)(H,25,27). The molecule has 3 aromatic rings. The average molecular weight is 362 g/mol. The van der Waals surface area contributed by atoms with Crippen molar-refractivity contribution < 1.29 is 9.59 Å². The van der Waals surface area contributed by atoms with E-state index in [9.17, 15) is 9.59 Å². The summed E-state index contributed by atoms with van der Waals surface area (Å²) >= 11 is 0. The van der Waals surface area contributed by atoms with Gasteiger partial charge in [-0.05, 0) is 30.3 Å². The Morgan fingerprint density at radius 1 is 0.926 bits per heavy atom. The van der Waals surface area contributed by atoms with Crippen LogP contribution < -0.4 is 16.0 Å². The molecular weight excluding hydrogens is 344 g/mol. The molecule has 0 bridgehead atoms. The van der Waals surface area contributed by atoms with Crippen molar-refractivity contribution in [3.8, 4) is 0 Å². The lowest BCUT2D eigenvalue weighted by molar-refractivity contribution is -0.114. The first-order valence-electron chi connectivity index (χ1n) is 8.25.